The van der Waals surface area contributed by atoms with Crippen LogP contribution in [-0.2, 0) is 9.59 Å². The lowest BCUT2D eigenvalue weighted by Crippen LogP contribution is -1.93. The monoisotopic (exact) mass is 198 g/mol. The standard InChI is InChI=1S/C6H8O2.C4H6O2/c1-3-4-5(2)6(7)8;1-3(2)4(5)6/h3H,1-2H3,(H,7,8);1H2,2H3,(H,5,6). The third kappa shape index (κ3) is 10.2. The highest BCUT2D eigenvalue weighted by Crippen LogP contribution is 1.85. The first-order valence-corrected chi connectivity index (χ1v) is 3.83. The van der Waals surface area contributed by atoms with Crippen molar-refractivity contribution in [1.29, 1.82) is 0 Å². The lowest BCUT2D eigenvalue weighted by molar-refractivity contribution is -0.133. The van der Waals surface area contributed by atoms with Gasteiger partial charge >= 0.3 is 11.9 Å². The fraction of sp³-hybridized carbons (Fsp3) is 0.300. The third-order valence-corrected chi connectivity index (χ3v) is 1.05. The molecule has 0 aromatic heterocycles. The van der Waals surface area contributed by atoms with E-state index >= 15 is 0 Å². The van der Waals surface area contributed by atoms with Gasteiger partial charge in [-0.3, -0.25) is 0 Å². The fourth-order valence-corrected chi connectivity index (χ4v) is 0.278. The van der Waals surface area contributed by atoms with Crippen molar-refractivity contribution in [3.8, 4) is 0 Å². The zero-order chi connectivity index (χ0) is 11.7. The van der Waals surface area contributed by atoms with Crippen molar-refractivity contribution in [2.45, 2.75) is 20.8 Å². The molecule has 0 aliphatic rings. The molecule has 0 atom stereocenters. The molecular formula is C10H14O4. The van der Waals surface area contributed by atoms with Crippen molar-refractivity contribution in [2.75, 3.05) is 0 Å². The summed E-state index contributed by atoms with van der Waals surface area (Å²) in [5.41, 5.74) is 2.96. The zero-order valence-electron chi connectivity index (χ0n) is 8.50. The predicted molar refractivity (Wildman–Crippen MR) is 53.0 cm³/mol. The van der Waals surface area contributed by atoms with Gasteiger partial charge in [0.05, 0.1) is 5.57 Å². The first-order valence-electron chi connectivity index (χ1n) is 3.83. The topological polar surface area (TPSA) is 74.6 Å². The van der Waals surface area contributed by atoms with Crippen LogP contribution in [0.15, 0.2) is 29.5 Å². The smallest absolute Gasteiger partial charge is 0.339 e. The molecule has 0 unspecified atom stereocenters. The SMILES string of the molecule is C=C(C)C(=O)O.CC=C=C(C)C(=O)O. The van der Waals surface area contributed by atoms with Gasteiger partial charge in [0.15, 0.2) is 0 Å². The Morgan fingerprint density at radius 1 is 1.21 bits per heavy atom. The van der Waals surface area contributed by atoms with Crippen LogP contribution in [0.4, 0.5) is 0 Å². The minimum atomic E-state index is -0.935. The molecular weight excluding hydrogens is 184 g/mol. The molecule has 0 aromatic rings. The van der Waals surface area contributed by atoms with Crippen molar-refractivity contribution in [1.82, 2.24) is 0 Å². The van der Waals surface area contributed by atoms with Crippen molar-refractivity contribution < 1.29 is 19.8 Å². The fourth-order valence-electron chi connectivity index (χ4n) is 0.278. The second-order valence-corrected chi connectivity index (χ2v) is 2.45. The van der Waals surface area contributed by atoms with E-state index in [4.69, 9.17) is 10.2 Å². The van der Waals surface area contributed by atoms with Gasteiger partial charge in [-0.15, -0.1) is 5.73 Å². The lowest BCUT2D eigenvalue weighted by Gasteiger charge is -1.81. The predicted octanol–water partition coefficient (Wildman–Crippen LogP) is 1.84. The van der Waals surface area contributed by atoms with E-state index in [9.17, 15) is 9.59 Å². The van der Waals surface area contributed by atoms with Crippen LogP contribution in [0.2, 0.25) is 0 Å². The summed E-state index contributed by atoms with van der Waals surface area (Å²) in [4.78, 5) is 19.6. The van der Waals surface area contributed by atoms with Gasteiger partial charge in [0.2, 0.25) is 0 Å². The first-order chi connectivity index (χ1) is 6.32. The van der Waals surface area contributed by atoms with Crippen LogP contribution in [0.5, 0.6) is 0 Å². The molecule has 0 aromatic carbocycles. The number of hydrogen-bond donors (Lipinski definition) is 2. The Morgan fingerprint density at radius 3 is 1.64 bits per heavy atom. The maximum absolute atomic E-state index is 9.97. The van der Waals surface area contributed by atoms with Gasteiger partial charge in [-0.25, -0.2) is 9.59 Å². The second-order valence-electron chi connectivity index (χ2n) is 2.45. The van der Waals surface area contributed by atoms with Gasteiger partial charge in [0.25, 0.3) is 0 Å². The summed E-state index contributed by atoms with van der Waals surface area (Å²) in [6.07, 6.45) is 1.57. The highest BCUT2D eigenvalue weighted by molar-refractivity contribution is 5.85. The highest BCUT2D eigenvalue weighted by Gasteiger charge is 1.94. The van der Waals surface area contributed by atoms with Crippen LogP contribution in [0, 0.1) is 0 Å². The molecule has 4 nitrogen and oxygen atoms in total. The highest BCUT2D eigenvalue weighted by atomic mass is 16.4. The lowest BCUT2D eigenvalue weighted by atomic mass is 10.3. The number of carbonyl (C=O) groups is 2. The molecule has 0 fully saturated rings. The van der Waals surface area contributed by atoms with Crippen LogP contribution in [0.1, 0.15) is 20.8 Å². The van der Waals surface area contributed by atoms with E-state index in [2.05, 4.69) is 12.3 Å². The molecule has 2 N–H and O–H groups in total. The molecule has 14 heavy (non-hydrogen) atoms. The minimum absolute atomic E-state index is 0.176. The molecule has 0 spiro atoms. The largest absolute Gasteiger partial charge is 0.478 e. The van der Waals surface area contributed by atoms with E-state index in [-0.39, 0.29) is 11.1 Å². The van der Waals surface area contributed by atoms with Gasteiger partial charge in [0.1, 0.15) is 0 Å². The molecule has 0 saturated carbocycles. The summed E-state index contributed by atoms with van der Waals surface area (Å²) >= 11 is 0. The molecule has 0 radical (unpaired) electrons. The number of hydrogen-bond acceptors (Lipinski definition) is 2. The molecule has 0 aliphatic carbocycles. The van der Waals surface area contributed by atoms with E-state index in [1.165, 1.54) is 13.8 Å². The van der Waals surface area contributed by atoms with Crippen LogP contribution in [0.25, 0.3) is 0 Å². The maximum Gasteiger partial charge on any atom is 0.339 e. The van der Waals surface area contributed by atoms with Crippen molar-refractivity contribution in [3.63, 3.8) is 0 Å². The summed E-state index contributed by atoms with van der Waals surface area (Å²) in [5, 5.41) is 16.1. The number of rotatable bonds is 2. The van der Waals surface area contributed by atoms with Crippen LogP contribution in [0.3, 0.4) is 0 Å². The van der Waals surface area contributed by atoms with Gasteiger partial charge in [-0.1, -0.05) is 6.58 Å². The van der Waals surface area contributed by atoms with Gasteiger partial charge in [-0.05, 0) is 26.8 Å². The molecule has 4 heteroatoms. The van der Waals surface area contributed by atoms with Crippen molar-refractivity contribution >= 4 is 11.9 Å². The third-order valence-electron chi connectivity index (χ3n) is 1.05. The Bertz CT molecular complexity index is 281. The average Bonchev–Trinajstić information content (AvgIpc) is 2.05. The summed E-state index contributed by atoms with van der Waals surface area (Å²) in [5.74, 6) is -1.85. The first kappa shape index (κ1) is 14.7. The molecule has 0 amide bonds. The van der Waals surface area contributed by atoms with E-state index in [1.54, 1.807) is 13.0 Å². The van der Waals surface area contributed by atoms with Crippen LogP contribution >= 0.6 is 0 Å². The Hall–Kier alpha value is -1.80. The molecule has 0 heterocycles. The molecule has 0 saturated heterocycles. The normalized spacial score (nSPS) is 7.36. The number of carboxylic acids is 2. The van der Waals surface area contributed by atoms with Gasteiger partial charge in [0, 0.05) is 5.57 Å². The number of carboxylic acid groups (broad SMARTS) is 2. The van der Waals surface area contributed by atoms with Gasteiger partial charge < -0.3 is 10.2 Å². The molecule has 0 aliphatic heterocycles. The van der Waals surface area contributed by atoms with Crippen molar-refractivity contribution in [2.24, 2.45) is 0 Å². The van der Waals surface area contributed by atoms with Gasteiger partial charge in [-0.2, -0.15) is 0 Å². The second kappa shape index (κ2) is 7.83. The quantitative estimate of drug-likeness (QED) is 0.524. The Labute approximate surface area is 82.9 Å². The number of aliphatic carboxylic acids is 2. The molecule has 78 valence electrons. The van der Waals surface area contributed by atoms with E-state index in [0.717, 1.165) is 0 Å². The van der Waals surface area contributed by atoms with E-state index in [0.29, 0.717) is 0 Å². The average molecular weight is 198 g/mol. The maximum atomic E-state index is 9.97. The van der Waals surface area contributed by atoms with E-state index < -0.39 is 11.9 Å². The Morgan fingerprint density at radius 2 is 1.57 bits per heavy atom. The molecule has 0 rings (SSSR count). The molecule has 0 bridgehead atoms. The summed E-state index contributed by atoms with van der Waals surface area (Å²) < 4.78 is 0. The summed E-state index contributed by atoms with van der Waals surface area (Å²) in [6.45, 7) is 7.83. The Kier molecular flexibility index (Phi) is 8.23. The van der Waals surface area contributed by atoms with E-state index in [1.807, 2.05) is 0 Å². The van der Waals surface area contributed by atoms with Crippen LogP contribution in [-0.4, -0.2) is 22.2 Å². The summed E-state index contributed by atoms with van der Waals surface area (Å²) in [7, 11) is 0. The zero-order valence-corrected chi connectivity index (χ0v) is 8.50. The van der Waals surface area contributed by atoms with Crippen molar-refractivity contribution in [3.05, 3.63) is 29.5 Å². The summed E-state index contributed by atoms with van der Waals surface area (Å²) in [6, 6.07) is 0. The minimum Gasteiger partial charge on any atom is -0.478 e. The van der Waals surface area contributed by atoms with Crippen LogP contribution < -0.4 is 0 Å². The Balaban J connectivity index is 0.